The minimum absolute atomic E-state index is 0.163. The summed E-state index contributed by atoms with van der Waals surface area (Å²) in [4.78, 5) is 29.2. The van der Waals surface area contributed by atoms with E-state index in [-0.39, 0.29) is 11.8 Å². The molecule has 0 saturated carbocycles. The van der Waals surface area contributed by atoms with Crippen LogP contribution in [0.25, 0.3) is 10.6 Å². The molecule has 0 radical (unpaired) electrons. The summed E-state index contributed by atoms with van der Waals surface area (Å²) < 4.78 is 5.47. The highest BCUT2D eigenvalue weighted by Crippen LogP contribution is 2.30. The molecule has 0 aliphatic heterocycles. The van der Waals surface area contributed by atoms with E-state index in [0.29, 0.717) is 28.6 Å². The van der Waals surface area contributed by atoms with Crippen LogP contribution in [0, 0.1) is 13.8 Å². The number of nitrogens with one attached hydrogen (secondary N) is 2. The Morgan fingerprint density at radius 2 is 1.79 bits per heavy atom. The van der Waals surface area contributed by atoms with Crippen LogP contribution in [0.15, 0.2) is 42.5 Å². The maximum Gasteiger partial charge on any atom is 0.267 e. The molecule has 0 aliphatic rings. The highest BCUT2D eigenvalue weighted by molar-refractivity contribution is 7.17. The van der Waals surface area contributed by atoms with Crippen molar-refractivity contribution in [3.63, 3.8) is 0 Å². The molecule has 0 spiro atoms. The van der Waals surface area contributed by atoms with E-state index in [0.717, 1.165) is 21.9 Å². The van der Waals surface area contributed by atoms with Crippen molar-refractivity contribution in [1.29, 1.82) is 0 Å². The van der Waals surface area contributed by atoms with Gasteiger partial charge in [-0.15, -0.1) is 11.3 Å². The first-order valence-electron chi connectivity index (χ1n) is 9.27. The van der Waals surface area contributed by atoms with Gasteiger partial charge in [0.05, 0.1) is 12.3 Å². The first-order valence-corrected chi connectivity index (χ1v) is 10.1. The molecule has 1 aromatic heterocycles. The minimum atomic E-state index is -0.222. The van der Waals surface area contributed by atoms with E-state index in [4.69, 9.17) is 4.74 Å². The van der Waals surface area contributed by atoms with E-state index < -0.39 is 0 Å². The lowest BCUT2D eigenvalue weighted by Crippen LogP contribution is -2.13. The molecule has 3 aromatic rings. The largest absolute Gasteiger partial charge is 0.494 e. The second-order valence-corrected chi connectivity index (χ2v) is 7.56. The number of hydrogen-bond acceptors (Lipinski definition) is 5. The molecule has 29 heavy (non-hydrogen) atoms. The summed E-state index contributed by atoms with van der Waals surface area (Å²) in [6.45, 7) is 7.72. The predicted octanol–water partition coefficient (Wildman–Crippen LogP) is 5.04. The molecule has 0 atom stereocenters. The number of carbonyl (C=O) groups excluding carboxylic acids is 2. The molecule has 150 valence electrons. The van der Waals surface area contributed by atoms with Crippen LogP contribution in [-0.2, 0) is 4.79 Å². The van der Waals surface area contributed by atoms with Crippen LogP contribution in [0.4, 0.5) is 11.4 Å². The molecule has 7 heteroatoms. The Bertz CT molecular complexity index is 1040. The predicted molar refractivity (Wildman–Crippen MR) is 117 cm³/mol. The SMILES string of the molecule is CCOc1ccc(-c2nc(C)c(C(=O)Nc3cc(NC(C)=O)ccc3C)s2)cc1. The monoisotopic (exact) mass is 409 g/mol. The van der Waals surface area contributed by atoms with Gasteiger partial charge in [-0.2, -0.15) is 0 Å². The third kappa shape index (κ3) is 5.00. The Labute approximate surface area is 173 Å². The van der Waals surface area contributed by atoms with Crippen molar-refractivity contribution in [3.05, 3.63) is 58.6 Å². The standard InChI is InChI=1S/C22H23N3O3S/c1-5-28-18-10-7-16(8-11-18)22-23-14(3)20(29-22)21(27)25-19-12-17(24-15(4)26)9-6-13(19)2/h6-12H,5H2,1-4H3,(H,24,26)(H,25,27). The van der Waals surface area contributed by atoms with E-state index in [9.17, 15) is 9.59 Å². The molecular weight excluding hydrogens is 386 g/mol. The number of rotatable bonds is 6. The van der Waals surface area contributed by atoms with Gasteiger partial charge in [0.1, 0.15) is 15.6 Å². The van der Waals surface area contributed by atoms with Gasteiger partial charge >= 0.3 is 0 Å². The lowest BCUT2D eigenvalue weighted by Gasteiger charge is -2.10. The molecule has 2 amide bonds. The second kappa shape index (κ2) is 8.87. The van der Waals surface area contributed by atoms with E-state index in [1.807, 2.05) is 51.1 Å². The smallest absolute Gasteiger partial charge is 0.267 e. The van der Waals surface area contributed by atoms with E-state index in [2.05, 4.69) is 15.6 Å². The fourth-order valence-corrected chi connectivity index (χ4v) is 3.77. The number of anilines is 2. The van der Waals surface area contributed by atoms with Crippen molar-refractivity contribution in [2.24, 2.45) is 0 Å². The number of amides is 2. The quantitative estimate of drug-likeness (QED) is 0.598. The van der Waals surface area contributed by atoms with Crippen LogP contribution in [0.1, 0.15) is 34.8 Å². The van der Waals surface area contributed by atoms with Crippen molar-refractivity contribution in [3.8, 4) is 16.3 Å². The molecule has 2 N–H and O–H groups in total. The zero-order chi connectivity index (χ0) is 21.0. The van der Waals surface area contributed by atoms with Gasteiger partial charge in [-0.3, -0.25) is 9.59 Å². The molecule has 2 aromatic carbocycles. The van der Waals surface area contributed by atoms with Crippen molar-refractivity contribution >= 4 is 34.5 Å². The fourth-order valence-electron chi connectivity index (χ4n) is 2.81. The Kier molecular flexibility index (Phi) is 6.29. The van der Waals surface area contributed by atoms with Crippen LogP contribution in [0.2, 0.25) is 0 Å². The van der Waals surface area contributed by atoms with E-state index >= 15 is 0 Å². The highest BCUT2D eigenvalue weighted by atomic mass is 32.1. The molecular formula is C22H23N3O3S. The van der Waals surface area contributed by atoms with Crippen molar-refractivity contribution < 1.29 is 14.3 Å². The van der Waals surface area contributed by atoms with Crippen molar-refractivity contribution in [2.75, 3.05) is 17.2 Å². The normalized spacial score (nSPS) is 10.5. The average molecular weight is 410 g/mol. The Morgan fingerprint density at radius 3 is 2.45 bits per heavy atom. The zero-order valence-electron chi connectivity index (χ0n) is 16.8. The van der Waals surface area contributed by atoms with Gasteiger partial charge in [-0.1, -0.05) is 6.07 Å². The van der Waals surface area contributed by atoms with Crippen LogP contribution >= 0.6 is 11.3 Å². The van der Waals surface area contributed by atoms with E-state index in [1.54, 1.807) is 12.1 Å². The first kappa shape index (κ1) is 20.5. The molecule has 6 nitrogen and oxygen atoms in total. The Balaban J connectivity index is 1.81. The third-order valence-electron chi connectivity index (χ3n) is 4.22. The molecule has 3 rings (SSSR count). The number of ether oxygens (including phenoxy) is 1. The summed E-state index contributed by atoms with van der Waals surface area (Å²) in [5, 5.41) is 6.43. The Morgan fingerprint density at radius 1 is 1.07 bits per heavy atom. The number of thiazole rings is 1. The molecule has 0 bridgehead atoms. The van der Waals surface area contributed by atoms with Crippen LogP contribution in [0.3, 0.4) is 0 Å². The fraction of sp³-hybridized carbons (Fsp3) is 0.227. The van der Waals surface area contributed by atoms with Crippen LogP contribution in [0.5, 0.6) is 5.75 Å². The summed E-state index contributed by atoms with van der Waals surface area (Å²) in [7, 11) is 0. The highest BCUT2D eigenvalue weighted by Gasteiger charge is 2.17. The van der Waals surface area contributed by atoms with Crippen molar-refractivity contribution in [1.82, 2.24) is 4.98 Å². The number of hydrogen-bond donors (Lipinski definition) is 2. The number of aromatic nitrogens is 1. The number of aryl methyl sites for hydroxylation is 2. The summed E-state index contributed by atoms with van der Waals surface area (Å²) >= 11 is 1.35. The number of nitrogens with zero attached hydrogens (tertiary/aromatic N) is 1. The van der Waals surface area contributed by atoms with Gasteiger partial charge in [-0.25, -0.2) is 4.98 Å². The maximum absolute atomic E-state index is 12.9. The number of carbonyl (C=O) groups is 2. The summed E-state index contributed by atoms with van der Waals surface area (Å²) in [5.74, 6) is 0.418. The van der Waals surface area contributed by atoms with Crippen LogP contribution < -0.4 is 15.4 Å². The molecule has 1 heterocycles. The van der Waals surface area contributed by atoms with Gasteiger partial charge in [0, 0.05) is 23.9 Å². The van der Waals surface area contributed by atoms with Gasteiger partial charge in [-0.05, 0) is 62.7 Å². The number of benzene rings is 2. The second-order valence-electron chi connectivity index (χ2n) is 6.56. The maximum atomic E-state index is 12.9. The lowest BCUT2D eigenvalue weighted by atomic mass is 10.1. The lowest BCUT2D eigenvalue weighted by molar-refractivity contribution is -0.114. The van der Waals surface area contributed by atoms with Gasteiger partial charge in [0.15, 0.2) is 0 Å². The van der Waals surface area contributed by atoms with Crippen LogP contribution in [-0.4, -0.2) is 23.4 Å². The summed E-state index contributed by atoms with van der Waals surface area (Å²) in [6.07, 6.45) is 0. The minimum Gasteiger partial charge on any atom is -0.494 e. The van der Waals surface area contributed by atoms with Gasteiger partial charge in [0.25, 0.3) is 5.91 Å². The van der Waals surface area contributed by atoms with E-state index in [1.165, 1.54) is 18.3 Å². The molecule has 0 aliphatic carbocycles. The first-order chi connectivity index (χ1) is 13.9. The topological polar surface area (TPSA) is 80.3 Å². The summed E-state index contributed by atoms with van der Waals surface area (Å²) in [6, 6.07) is 13.1. The van der Waals surface area contributed by atoms with Crippen molar-refractivity contribution in [2.45, 2.75) is 27.7 Å². The van der Waals surface area contributed by atoms with Gasteiger partial charge in [0.2, 0.25) is 5.91 Å². The molecule has 0 saturated heterocycles. The average Bonchev–Trinajstić information content (AvgIpc) is 3.07. The molecule has 0 fully saturated rings. The Hall–Kier alpha value is -3.19. The summed E-state index contributed by atoms with van der Waals surface area (Å²) in [5.41, 5.74) is 3.80. The third-order valence-corrected chi connectivity index (χ3v) is 5.43. The molecule has 0 unspecified atom stereocenters. The van der Waals surface area contributed by atoms with Gasteiger partial charge < -0.3 is 15.4 Å². The zero-order valence-corrected chi connectivity index (χ0v) is 17.6.